The summed E-state index contributed by atoms with van der Waals surface area (Å²) in [4.78, 5) is 0. The van der Waals surface area contributed by atoms with Crippen molar-refractivity contribution in [2.45, 2.75) is 5.41 Å². The van der Waals surface area contributed by atoms with Gasteiger partial charge >= 0.3 is 0 Å². The second kappa shape index (κ2) is 5.61. The smallest absolute Gasteiger partial charge is 0.0754 e. The molecule has 0 saturated heterocycles. The monoisotopic (exact) mass is 381 g/mol. The van der Waals surface area contributed by atoms with E-state index in [0.717, 1.165) is 0 Å². The van der Waals surface area contributed by atoms with Gasteiger partial charge in [-0.1, -0.05) is 97.1 Å². The summed E-state index contributed by atoms with van der Waals surface area (Å²) in [5, 5.41) is 6.31. The van der Waals surface area contributed by atoms with E-state index >= 15 is 0 Å². The molecule has 1 heteroatoms. The first-order chi connectivity index (χ1) is 14.9. The predicted molar refractivity (Wildman–Crippen MR) is 125 cm³/mol. The second-order valence-corrected chi connectivity index (χ2v) is 8.22. The SMILES string of the molecule is c1ccc2c(c1)Nc1ccccc1C21c2ccccc2-c2c1ccc1ccccc21. The first-order valence-electron chi connectivity index (χ1n) is 10.5. The van der Waals surface area contributed by atoms with Crippen molar-refractivity contribution in [2.24, 2.45) is 0 Å². The molecule has 0 saturated carbocycles. The molecule has 5 aromatic rings. The molecule has 1 aliphatic carbocycles. The lowest BCUT2D eigenvalue weighted by Gasteiger charge is -2.40. The van der Waals surface area contributed by atoms with Gasteiger partial charge in [-0.25, -0.2) is 0 Å². The van der Waals surface area contributed by atoms with Crippen molar-refractivity contribution in [3.63, 3.8) is 0 Å². The van der Waals surface area contributed by atoms with E-state index in [0.29, 0.717) is 0 Å². The van der Waals surface area contributed by atoms with Crippen LogP contribution in [0.15, 0.2) is 109 Å². The van der Waals surface area contributed by atoms with Crippen LogP contribution < -0.4 is 5.32 Å². The Bertz CT molecular complexity index is 1430. The zero-order chi connectivity index (χ0) is 19.7. The third kappa shape index (κ3) is 1.79. The molecule has 1 nitrogen and oxygen atoms in total. The largest absolute Gasteiger partial charge is 0.355 e. The van der Waals surface area contributed by atoms with Gasteiger partial charge in [0.25, 0.3) is 0 Å². The van der Waals surface area contributed by atoms with Crippen molar-refractivity contribution in [1.29, 1.82) is 0 Å². The van der Waals surface area contributed by atoms with Gasteiger partial charge in [0.15, 0.2) is 0 Å². The predicted octanol–water partition coefficient (Wildman–Crippen LogP) is 7.26. The molecule has 0 aromatic heterocycles. The van der Waals surface area contributed by atoms with Crippen molar-refractivity contribution in [1.82, 2.24) is 0 Å². The van der Waals surface area contributed by atoms with Crippen LogP contribution >= 0.6 is 0 Å². The molecule has 2 aliphatic rings. The number of rotatable bonds is 0. The first-order valence-corrected chi connectivity index (χ1v) is 10.5. The van der Waals surface area contributed by atoms with Crippen molar-refractivity contribution < 1.29 is 0 Å². The normalized spacial score (nSPS) is 14.5. The highest BCUT2D eigenvalue weighted by atomic mass is 14.9. The van der Waals surface area contributed by atoms with Crippen LogP contribution in [0.25, 0.3) is 21.9 Å². The summed E-state index contributed by atoms with van der Waals surface area (Å²) in [6, 6.07) is 39.9. The summed E-state index contributed by atoms with van der Waals surface area (Å²) in [6.45, 7) is 0. The molecule has 5 aromatic carbocycles. The number of benzene rings is 5. The maximum absolute atomic E-state index is 3.69. The van der Waals surface area contributed by atoms with Gasteiger partial charge in [0, 0.05) is 11.4 Å². The average molecular weight is 381 g/mol. The molecule has 0 fully saturated rings. The number of hydrogen-bond donors (Lipinski definition) is 1. The summed E-state index contributed by atoms with van der Waals surface area (Å²) in [5.41, 5.74) is 10.2. The average Bonchev–Trinajstić information content (AvgIpc) is 3.11. The van der Waals surface area contributed by atoms with Crippen molar-refractivity contribution in [3.05, 3.63) is 131 Å². The Labute approximate surface area is 175 Å². The summed E-state index contributed by atoms with van der Waals surface area (Å²) < 4.78 is 0. The number of fused-ring (bicyclic) bond motifs is 11. The minimum atomic E-state index is -0.311. The highest BCUT2D eigenvalue weighted by Gasteiger charge is 2.50. The Hall–Kier alpha value is -3.84. The summed E-state index contributed by atoms with van der Waals surface area (Å²) in [6.07, 6.45) is 0. The zero-order valence-electron chi connectivity index (χ0n) is 16.4. The highest BCUT2D eigenvalue weighted by molar-refractivity contribution is 6.05. The fraction of sp³-hybridized carbons (Fsp3) is 0.0345. The van der Waals surface area contributed by atoms with Crippen molar-refractivity contribution in [3.8, 4) is 11.1 Å². The van der Waals surface area contributed by atoms with Crippen LogP contribution in [0.5, 0.6) is 0 Å². The van der Waals surface area contributed by atoms with Crippen molar-refractivity contribution in [2.75, 3.05) is 5.32 Å². The Morgan fingerprint density at radius 1 is 0.467 bits per heavy atom. The minimum absolute atomic E-state index is 0.311. The molecule has 140 valence electrons. The van der Waals surface area contributed by atoms with E-state index in [-0.39, 0.29) is 5.41 Å². The van der Waals surface area contributed by atoms with E-state index < -0.39 is 0 Å². The van der Waals surface area contributed by atoms with Gasteiger partial charge in [-0.15, -0.1) is 0 Å². The number of nitrogens with one attached hydrogen (secondary N) is 1. The zero-order valence-corrected chi connectivity index (χ0v) is 16.4. The summed E-state index contributed by atoms with van der Waals surface area (Å²) in [5.74, 6) is 0. The summed E-state index contributed by atoms with van der Waals surface area (Å²) >= 11 is 0. The Morgan fingerprint density at radius 3 is 1.83 bits per heavy atom. The van der Waals surface area contributed by atoms with E-state index in [4.69, 9.17) is 0 Å². The van der Waals surface area contributed by atoms with Gasteiger partial charge in [0.05, 0.1) is 5.41 Å². The molecule has 0 atom stereocenters. The molecule has 1 aliphatic heterocycles. The fourth-order valence-electron chi connectivity index (χ4n) is 5.76. The van der Waals surface area contributed by atoms with Crippen molar-refractivity contribution >= 4 is 22.1 Å². The molecule has 0 bridgehead atoms. The molecule has 0 unspecified atom stereocenters. The molecule has 7 rings (SSSR count). The first kappa shape index (κ1) is 16.0. The molecular weight excluding hydrogens is 362 g/mol. The van der Waals surface area contributed by atoms with Crippen LogP contribution in [0.3, 0.4) is 0 Å². The Balaban J connectivity index is 1.75. The number of hydrogen-bond acceptors (Lipinski definition) is 1. The lowest BCUT2D eigenvalue weighted by Crippen LogP contribution is -2.33. The third-order valence-electron chi connectivity index (χ3n) is 6.86. The van der Waals surface area contributed by atoms with E-state index in [1.54, 1.807) is 0 Å². The third-order valence-corrected chi connectivity index (χ3v) is 6.86. The van der Waals surface area contributed by atoms with Gasteiger partial charge < -0.3 is 5.32 Å². The molecule has 1 spiro atoms. The maximum Gasteiger partial charge on any atom is 0.0754 e. The lowest BCUT2D eigenvalue weighted by atomic mass is 9.65. The Kier molecular flexibility index (Phi) is 2.99. The van der Waals surface area contributed by atoms with E-state index in [9.17, 15) is 0 Å². The molecule has 30 heavy (non-hydrogen) atoms. The molecular formula is C29H19N. The van der Waals surface area contributed by atoms with Gasteiger partial charge in [-0.2, -0.15) is 0 Å². The number of anilines is 2. The van der Waals surface area contributed by atoms with Gasteiger partial charge in [0.2, 0.25) is 0 Å². The van der Waals surface area contributed by atoms with E-state index in [1.165, 1.54) is 55.5 Å². The van der Waals surface area contributed by atoms with E-state index in [2.05, 4.69) is 115 Å². The quantitative estimate of drug-likeness (QED) is 0.291. The molecule has 0 radical (unpaired) electrons. The van der Waals surface area contributed by atoms with Crippen LogP contribution in [0, 0.1) is 0 Å². The van der Waals surface area contributed by atoms with Crippen LogP contribution in [-0.4, -0.2) is 0 Å². The molecule has 0 amide bonds. The van der Waals surface area contributed by atoms with Gasteiger partial charge in [0.1, 0.15) is 0 Å². The highest BCUT2D eigenvalue weighted by Crippen LogP contribution is 2.61. The van der Waals surface area contributed by atoms with Crippen LogP contribution in [-0.2, 0) is 5.41 Å². The topological polar surface area (TPSA) is 12.0 Å². The van der Waals surface area contributed by atoms with Gasteiger partial charge in [-0.05, 0) is 56.3 Å². The second-order valence-electron chi connectivity index (χ2n) is 8.22. The summed E-state index contributed by atoms with van der Waals surface area (Å²) in [7, 11) is 0. The van der Waals surface area contributed by atoms with Crippen LogP contribution in [0.4, 0.5) is 11.4 Å². The molecule has 1 N–H and O–H groups in total. The van der Waals surface area contributed by atoms with Crippen LogP contribution in [0.2, 0.25) is 0 Å². The lowest BCUT2D eigenvalue weighted by molar-refractivity contribution is 0.764. The fourth-order valence-corrected chi connectivity index (χ4v) is 5.76. The van der Waals surface area contributed by atoms with E-state index in [1.807, 2.05) is 0 Å². The number of para-hydroxylation sites is 2. The standard InChI is InChI=1S/C29H19N/c1-2-10-20-19(9-1)17-18-25-28(20)21-11-3-4-12-22(21)29(25)23-13-5-7-15-26(23)30-27-16-8-6-14-24(27)29/h1-18,30H. The maximum atomic E-state index is 3.69. The van der Waals surface area contributed by atoms with Crippen LogP contribution in [0.1, 0.15) is 22.3 Å². The molecule has 1 heterocycles. The van der Waals surface area contributed by atoms with Gasteiger partial charge in [-0.3, -0.25) is 0 Å². The Morgan fingerprint density at radius 2 is 1.07 bits per heavy atom. The minimum Gasteiger partial charge on any atom is -0.355 e.